The van der Waals surface area contributed by atoms with Gasteiger partial charge in [0.25, 0.3) is 0 Å². The third kappa shape index (κ3) is 6.50. The van der Waals surface area contributed by atoms with Crippen LogP contribution in [0.5, 0.6) is 0 Å². The van der Waals surface area contributed by atoms with E-state index in [-0.39, 0.29) is 34.6 Å². The highest BCUT2D eigenvalue weighted by Gasteiger charge is 2.53. The highest BCUT2D eigenvalue weighted by atomic mass is 79.9. The van der Waals surface area contributed by atoms with E-state index >= 15 is 0 Å². The van der Waals surface area contributed by atoms with Crippen LogP contribution in [0.1, 0.15) is 83.4 Å². The number of anilines is 1. The lowest BCUT2D eigenvalue weighted by Crippen LogP contribution is -2.57. The Bertz CT molecular complexity index is 892. The van der Waals surface area contributed by atoms with Crippen LogP contribution in [0, 0.1) is 18.3 Å². The number of nitrogens with zero attached hydrogens (tertiary/aromatic N) is 3. The van der Waals surface area contributed by atoms with E-state index in [9.17, 15) is 9.35 Å². The molecule has 1 aromatic heterocycles. The average molecular weight is 574 g/mol. The number of esters is 1. The van der Waals surface area contributed by atoms with Crippen LogP contribution in [0.3, 0.4) is 0 Å². The van der Waals surface area contributed by atoms with Crippen LogP contribution in [0.2, 0.25) is 0 Å². The number of rotatable bonds is 9. The van der Waals surface area contributed by atoms with Gasteiger partial charge in [0.1, 0.15) is 9.35 Å². The van der Waals surface area contributed by atoms with E-state index < -0.39 is 17.3 Å². The number of nitrogens with one attached hydrogen (secondary N) is 1. The van der Waals surface area contributed by atoms with Gasteiger partial charge >= 0.3 is 5.97 Å². The van der Waals surface area contributed by atoms with Crippen molar-refractivity contribution in [2.75, 3.05) is 31.2 Å². The number of aromatic nitrogens is 2. The minimum absolute atomic E-state index is 0.00562. The fourth-order valence-electron chi connectivity index (χ4n) is 4.87. The molecule has 10 heteroatoms. The number of aryl methyl sites for hydroxylation is 1. The van der Waals surface area contributed by atoms with E-state index in [0.29, 0.717) is 36.0 Å². The smallest absolute Gasteiger partial charge is 0.360 e. The van der Waals surface area contributed by atoms with Crippen LogP contribution in [0.25, 0.3) is 0 Å². The molecule has 0 aliphatic carbocycles. The summed E-state index contributed by atoms with van der Waals surface area (Å²) in [7, 11) is 0. The summed E-state index contributed by atoms with van der Waals surface area (Å²) in [6.45, 7) is 16.6. The topological polar surface area (TPSA) is 99.6 Å². The number of carbonyl (C=O) groups is 1. The molecule has 0 aromatic carbocycles. The molecular weight excluding hydrogens is 532 g/mol. The van der Waals surface area contributed by atoms with Crippen molar-refractivity contribution in [3.8, 4) is 0 Å². The molecule has 1 unspecified atom stereocenters. The van der Waals surface area contributed by atoms with Gasteiger partial charge in [-0.1, -0.05) is 13.8 Å². The van der Waals surface area contributed by atoms with Gasteiger partial charge in [0.2, 0.25) is 0 Å². The van der Waals surface area contributed by atoms with E-state index in [1.54, 1.807) is 6.92 Å². The van der Waals surface area contributed by atoms with Crippen molar-refractivity contribution in [3.05, 3.63) is 16.0 Å². The van der Waals surface area contributed by atoms with Gasteiger partial charge in [0, 0.05) is 29.9 Å². The standard InChI is InChI=1S/C25H41BrN4O4S/c1-8-33-23(31)19-22(27-17(4)21(26)28-19)30-13-11-25(12-14-30)15-34-18(5)20(25)29-35(32)24(6,7)10-9-16(2)3/h16,18,20,29H,8-15H2,1-7H3/t18-,20+,35?/m0/s1. The first-order valence-electron chi connectivity index (χ1n) is 12.7. The Hall–Kier alpha value is -0.940. The van der Waals surface area contributed by atoms with E-state index in [1.807, 2.05) is 6.92 Å². The average Bonchev–Trinajstić information content (AvgIpc) is 3.09. The van der Waals surface area contributed by atoms with Gasteiger partial charge in [-0.3, -0.25) is 0 Å². The van der Waals surface area contributed by atoms with Crippen LogP contribution in [0.15, 0.2) is 4.60 Å². The Kier molecular flexibility index (Phi) is 9.51. The second-order valence-electron chi connectivity index (χ2n) is 10.9. The van der Waals surface area contributed by atoms with Crippen molar-refractivity contribution in [3.63, 3.8) is 0 Å². The molecule has 3 atom stereocenters. The Morgan fingerprint density at radius 1 is 1.37 bits per heavy atom. The fourth-order valence-corrected chi connectivity index (χ4v) is 6.43. The second-order valence-corrected chi connectivity index (χ2v) is 13.5. The van der Waals surface area contributed by atoms with Gasteiger partial charge in [0.05, 0.1) is 31.1 Å². The van der Waals surface area contributed by atoms with Crippen LogP contribution >= 0.6 is 15.9 Å². The van der Waals surface area contributed by atoms with Gasteiger partial charge in [-0.15, -0.1) is 4.72 Å². The highest BCUT2D eigenvalue weighted by molar-refractivity contribution is 9.10. The molecule has 198 valence electrons. The molecule has 8 nitrogen and oxygen atoms in total. The molecular formula is C25H41BrN4O4S. The summed E-state index contributed by atoms with van der Waals surface area (Å²) in [5, 5.41) is 0. The summed E-state index contributed by atoms with van der Waals surface area (Å²) < 4.78 is 28.5. The first-order chi connectivity index (χ1) is 16.4. The monoisotopic (exact) mass is 572 g/mol. The minimum atomic E-state index is -1.18. The van der Waals surface area contributed by atoms with Crippen LogP contribution in [-0.4, -0.2) is 63.7 Å². The molecule has 1 spiro atoms. The second kappa shape index (κ2) is 11.6. The molecule has 0 radical (unpaired) electrons. The van der Waals surface area contributed by atoms with E-state index in [4.69, 9.17) is 9.47 Å². The maximum absolute atomic E-state index is 13.4. The third-order valence-electron chi connectivity index (χ3n) is 7.34. The molecule has 3 rings (SSSR count). The highest BCUT2D eigenvalue weighted by Crippen LogP contribution is 2.44. The normalized spacial score (nSPS) is 23.2. The Balaban J connectivity index is 1.75. The van der Waals surface area contributed by atoms with Gasteiger partial charge in [-0.05, 0) is 82.1 Å². The van der Waals surface area contributed by atoms with Crippen molar-refractivity contribution >= 4 is 39.1 Å². The lowest BCUT2D eigenvalue weighted by Gasteiger charge is -2.43. The van der Waals surface area contributed by atoms with E-state index in [0.717, 1.165) is 31.4 Å². The summed E-state index contributed by atoms with van der Waals surface area (Å²) in [4.78, 5) is 23.8. The lowest BCUT2D eigenvalue weighted by atomic mass is 9.73. The van der Waals surface area contributed by atoms with E-state index in [2.05, 4.69) is 70.1 Å². The summed E-state index contributed by atoms with van der Waals surface area (Å²) in [5.74, 6) is 0.682. The molecule has 0 saturated carbocycles. The fraction of sp³-hybridized carbons (Fsp3) is 0.800. The van der Waals surface area contributed by atoms with Gasteiger partial charge in [-0.25, -0.2) is 14.8 Å². The first-order valence-corrected chi connectivity index (χ1v) is 14.6. The van der Waals surface area contributed by atoms with Crippen molar-refractivity contribution in [1.29, 1.82) is 0 Å². The zero-order valence-electron chi connectivity index (χ0n) is 22.1. The van der Waals surface area contributed by atoms with Gasteiger partial charge in [0.15, 0.2) is 11.5 Å². The number of carbonyl (C=O) groups excluding carboxylic acids is 1. The molecule has 2 fully saturated rings. The summed E-state index contributed by atoms with van der Waals surface area (Å²) in [5.41, 5.74) is 0.852. The SMILES string of the molecule is CCOC(=O)c1nc(Br)c(C)nc1N1CCC2(CC1)CO[C@@H](C)[C@H]2N[S+]([O-])C(C)(C)CCC(C)C. The number of piperidine rings is 1. The quantitative estimate of drug-likeness (QED) is 0.339. The Morgan fingerprint density at radius 3 is 2.63 bits per heavy atom. The Morgan fingerprint density at radius 2 is 2.03 bits per heavy atom. The lowest BCUT2D eigenvalue weighted by molar-refractivity contribution is 0.0519. The molecule has 0 bridgehead atoms. The van der Waals surface area contributed by atoms with Crippen molar-refractivity contribution in [2.45, 2.75) is 91.0 Å². The first kappa shape index (κ1) is 28.6. The van der Waals surface area contributed by atoms with Crippen molar-refractivity contribution < 1.29 is 18.8 Å². The van der Waals surface area contributed by atoms with Crippen molar-refractivity contribution in [1.82, 2.24) is 14.7 Å². The predicted octanol–water partition coefficient (Wildman–Crippen LogP) is 4.57. The zero-order valence-corrected chi connectivity index (χ0v) is 24.6. The van der Waals surface area contributed by atoms with Crippen molar-refractivity contribution in [2.24, 2.45) is 11.3 Å². The molecule has 35 heavy (non-hydrogen) atoms. The van der Waals surface area contributed by atoms with Crippen LogP contribution in [-0.2, 0) is 20.8 Å². The van der Waals surface area contributed by atoms with Gasteiger partial charge < -0.3 is 18.9 Å². The molecule has 2 aliphatic rings. The maximum atomic E-state index is 13.4. The molecule has 1 N–H and O–H groups in total. The van der Waals surface area contributed by atoms with Crippen LogP contribution in [0.4, 0.5) is 5.82 Å². The molecule has 3 heterocycles. The maximum Gasteiger partial charge on any atom is 0.360 e. The summed E-state index contributed by atoms with van der Waals surface area (Å²) in [6.07, 6.45) is 3.63. The number of hydrogen-bond donors (Lipinski definition) is 1. The number of hydrogen-bond acceptors (Lipinski definition) is 8. The summed E-state index contributed by atoms with van der Waals surface area (Å²) >= 11 is 2.21. The van der Waals surface area contributed by atoms with Gasteiger partial charge in [-0.2, -0.15) is 0 Å². The summed E-state index contributed by atoms with van der Waals surface area (Å²) in [6, 6.07) is 0.00562. The molecule has 2 aliphatic heterocycles. The zero-order chi connectivity index (χ0) is 26.0. The number of ether oxygens (including phenoxy) is 2. The number of halogens is 1. The molecule has 1 aromatic rings. The minimum Gasteiger partial charge on any atom is -0.598 e. The Labute approximate surface area is 221 Å². The predicted molar refractivity (Wildman–Crippen MR) is 143 cm³/mol. The third-order valence-corrected chi connectivity index (χ3v) is 9.77. The largest absolute Gasteiger partial charge is 0.598 e. The van der Waals surface area contributed by atoms with E-state index in [1.165, 1.54) is 0 Å². The van der Waals surface area contributed by atoms with Crippen LogP contribution < -0.4 is 9.62 Å². The molecule has 2 saturated heterocycles. The molecule has 0 amide bonds.